The van der Waals surface area contributed by atoms with Crippen LogP contribution in [0.5, 0.6) is 0 Å². The molecule has 1 unspecified atom stereocenters. The lowest BCUT2D eigenvalue weighted by atomic mass is 10.1. The topological polar surface area (TPSA) is 94.0 Å². The molecule has 3 N–H and O–H groups in total. The zero-order chi connectivity index (χ0) is 14.8. The van der Waals surface area contributed by atoms with E-state index in [4.69, 9.17) is 10.8 Å². The van der Waals surface area contributed by atoms with Gasteiger partial charge in [-0.3, -0.25) is 9.48 Å². The number of nitrogens with zero attached hydrogens (tertiary/aromatic N) is 3. The van der Waals surface area contributed by atoms with Crippen molar-refractivity contribution in [1.29, 1.82) is 0 Å². The van der Waals surface area contributed by atoms with Crippen molar-refractivity contribution in [3.05, 3.63) is 11.9 Å². The van der Waals surface area contributed by atoms with Crippen molar-refractivity contribution in [2.75, 3.05) is 0 Å². The standard InChI is InChI=1S/C14H26N4O2/c1-2-3-4-5-6-7-8-9-18-11-12(16-17-18)10-13(15)14(19)20/h11,13H,2-10,15H2,1H3,(H,19,20). The van der Waals surface area contributed by atoms with Gasteiger partial charge in [0, 0.05) is 19.2 Å². The Balaban J connectivity index is 2.15. The number of hydrogen-bond donors (Lipinski definition) is 2. The van der Waals surface area contributed by atoms with Gasteiger partial charge in [-0.1, -0.05) is 50.7 Å². The average molecular weight is 282 g/mol. The fourth-order valence-corrected chi connectivity index (χ4v) is 2.08. The number of carboxylic acids is 1. The van der Waals surface area contributed by atoms with Crippen molar-refractivity contribution in [3.8, 4) is 0 Å². The smallest absolute Gasteiger partial charge is 0.320 e. The van der Waals surface area contributed by atoms with Gasteiger partial charge in [-0.25, -0.2) is 0 Å². The van der Waals surface area contributed by atoms with E-state index < -0.39 is 12.0 Å². The summed E-state index contributed by atoms with van der Waals surface area (Å²) in [5.74, 6) is -1.01. The number of aromatic nitrogens is 3. The number of unbranched alkanes of at least 4 members (excludes halogenated alkanes) is 6. The van der Waals surface area contributed by atoms with Crippen molar-refractivity contribution < 1.29 is 9.90 Å². The third-order valence-corrected chi connectivity index (χ3v) is 3.32. The van der Waals surface area contributed by atoms with Crippen LogP contribution in [0.3, 0.4) is 0 Å². The first-order valence-electron chi connectivity index (χ1n) is 7.51. The molecule has 0 aliphatic carbocycles. The van der Waals surface area contributed by atoms with Gasteiger partial charge in [0.05, 0.1) is 5.69 Å². The van der Waals surface area contributed by atoms with E-state index >= 15 is 0 Å². The van der Waals surface area contributed by atoms with Gasteiger partial charge < -0.3 is 10.8 Å². The molecule has 1 atom stereocenters. The molecule has 20 heavy (non-hydrogen) atoms. The minimum Gasteiger partial charge on any atom is -0.480 e. The Hall–Kier alpha value is -1.43. The first kappa shape index (κ1) is 16.6. The van der Waals surface area contributed by atoms with Crippen LogP contribution in [0.2, 0.25) is 0 Å². The van der Waals surface area contributed by atoms with Crippen LogP contribution in [0, 0.1) is 0 Å². The Kier molecular flexibility index (Phi) is 7.87. The molecule has 1 aromatic heterocycles. The molecule has 0 fully saturated rings. The van der Waals surface area contributed by atoms with Gasteiger partial charge >= 0.3 is 5.97 Å². The molecule has 1 heterocycles. The first-order chi connectivity index (χ1) is 9.63. The van der Waals surface area contributed by atoms with E-state index in [2.05, 4.69) is 17.2 Å². The zero-order valence-corrected chi connectivity index (χ0v) is 12.3. The van der Waals surface area contributed by atoms with E-state index in [1.807, 2.05) is 0 Å². The zero-order valence-electron chi connectivity index (χ0n) is 12.3. The number of carbonyl (C=O) groups is 1. The van der Waals surface area contributed by atoms with Gasteiger partial charge in [0.1, 0.15) is 6.04 Å². The molecule has 0 amide bonds. The highest BCUT2D eigenvalue weighted by atomic mass is 16.4. The predicted octanol–water partition coefficient (Wildman–Crippen LogP) is 1.98. The molecule has 0 saturated heterocycles. The van der Waals surface area contributed by atoms with E-state index in [9.17, 15) is 4.79 Å². The maximum atomic E-state index is 10.6. The second-order valence-corrected chi connectivity index (χ2v) is 5.24. The first-order valence-corrected chi connectivity index (χ1v) is 7.51. The fraction of sp³-hybridized carbons (Fsp3) is 0.786. The fourth-order valence-electron chi connectivity index (χ4n) is 2.08. The van der Waals surface area contributed by atoms with Gasteiger partial charge in [0.25, 0.3) is 0 Å². The summed E-state index contributed by atoms with van der Waals surface area (Å²) in [4.78, 5) is 10.6. The highest BCUT2D eigenvalue weighted by Crippen LogP contribution is 2.08. The summed E-state index contributed by atoms with van der Waals surface area (Å²) in [6.45, 7) is 3.06. The average Bonchev–Trinajstić information content (AvgIpc) is 2.85. The Morgan fingerprint density at radius 2 is 1.95 bits per heavy atom. The molecule has 1 rings (SSSR count). The maximum absolute atomic E-state index is 10.6. The summed E-state index contributed by atoms with van der Waals surface area (Å²) in [6.07, 6.45) is 10.8. The lowest BCUT2D eigenvalue weighted by Crippen LogP contribution is -2.32. The van der Waals surface area contributed by atoms with Crippen LogP contribution in [-0.4, -0.2) is 32.1 Å². The summed E-state index contributed by atoms with van der Waals surface area (Å²) in [6, 6.07) is -0.904. The van der Waals surface area contributed by atoms with Crippen LogP contribution in [0.25, 0.3) is 0 Å². The minimum absolute atomic E-state index is 0.229. The molecule has 0 radical (unpaired) electrons. The Labute approximate surface area is 120 Å². The molecular weight excluding hydrogens is 256 g/mol. The van der Waals surface area contributed by atoms with Crippen LogP contribution >= 0.6 is 0 Å². The molecule has 0 aliphatic heterocycles. The van der Waals surface area contributed by atoms with E-state index in [0.717, 1.165) is 13.0 Å². The molecule has 0 aromatic carbocycles. The second kappa shape index (κ2) is 9.47. The summed E-state index contributed by atoms with van der Waals surface area (Å²) in [5.41, 5.74) is 6.10. The van der Waals surface area contributed by atoms with Crippen molar-refractivity contribution in [1.82, 2.24) is 15.0 Å². The maximum Gasteiger partial charge on any atom is 0.320 e. The van der Waals surface area contributed by atoms with Gasteiger partial charge in [0.2, 0.25) is 0 Å². The molecule has 6 nitrogen and oxygen atoms in total. The molecule has 1 aromatic rings. The van der Waals surface area contributed by atoms with E-state index in [-0.39, 0.29) is 6.42 Å². The third kappa shape index (κ3) is 6.65. The Morgan fingerprint density at radius 1 is 1.30 bits per heavy atom. The van der Waals surface area contributed by atoms with Gasteiger partial charge in [0.15, 0.2) is 0 Å². The summed E-state index contributed by atoms with van der Waals surface area (Å²) in [5, 5.41) is 16.7. The number of aliphatic carboxylic acids is 1. The van der Waals surface area contributed by atoms with Crippen molar-refractivity contribution >= 4 is 5.97 Å². The normalized spacial score (nSPS) is 12.5. The lowest BCUT2D eigenvalue weighted by Gasteiger charge is -2.02. The van der Waals surface area contributed by atoms with Crippen LogP contribution in [0.4, 0.5) is 0 Å². The monoisotopic (exact) mass is 282 g/mol. The highest BCUT2D eigenvalue weighted by Gasteiger charge is 2.14. The van der Waals surface area contributed by atoms with Crippen molar-refractivity contribution in [2.24, 2.45) is 5.73 Å². The van der Waals surface area contributed by atoms with E-state index in [1.54, 1.807) is 10.9 Å². The van der Waals surface area contributed by atoms with Gasteiger partial charge in [-0.05, 0) is 6.42 Å². The second-order valence-electron chi connectivity index (χ2n) is 5.24. The van der Waals surface area contributed by atoms with E-state index in [0.29, 0.717) is 5.69 Å². The summed E-state index contributed by atoms with van der Waals surface area (Å²) >= 11 is 0. The number of hydrogen-bond acceptors (Lipinski definition) is 4. The third-order valence-electron chi connectivity index (χ3n) is 3.32. The van der Waals surface area contributed by atoms with Crippen molar-refractivity contribution in [3.63, 3.8) is 0 Å². The number of nitrogens with two attached hydrogens (primary N) is 1. The summed E-state index contributed by atoms with van der Waals surface area (Å²) in [7, 11) is 0. The quantitative estimate of drug-likeness (QED) is 0.605. The minimum atomic E-state index is -1.01. The molecule has 6 heteroatoms. The number of aryl methyl sites for hydroxylation is 1. The van der Waals surface area contributed by atoms with Crippen LogP contribution in [0.15, 0.2) is 6.20 Å². The largest absolute Gasteiger partial charge is 0.480 e. The molecule has 114 valence electrons. The number of carboxylic acid groups (broad SMARTS) is 1. The molecule has 0 bridgehead atoms. The van der Waals surface area contributed by atoms with Gasteiger partial charge in [-0.2, -0.15) is 0 Å². The van der Waals surface area contributed by atoms with Crippen molar-refractivity contribution in [2.45, 2.75) is 70.9 Å². The van der Waals surface area contributed by atoms with E-state index in [1.165, 1.54) is 38.5 Å². The Bertz CT molecular complexity index is 392. The van der Waals surface area contributed by atoms with Crippen LogP contribution in [0.1, 0.15) is 57.6 Å². The SMILES string of the molecule is CCCCCCCCCn1cc(CC(N)C(=O)O)nn1. The molecular formula is C14H26N4O2. The summed E-state index contributed by atoms with van der Waals surface area (Å²) < 4.78 is 1.77. The van der Waals surface area contributed by atoms with Gasteiger partial charge in [-0.15, -0.1) is 5.10 Å². The molecule has 0 spiro atoms. The highest BCUT2D eigenvalue weighted by molar-refractivity contribution is 5.73. The molecule has 0 aliphatic rings. The lowest BCUT2D eigenvalue weighted by molar-refractivity contribution is -0.138. The van der Waals surface area contributed by atoms with Crippen LogP contribution in [-0.2, 0) is 17.8 Å². The van der Waals surface area contributed by atoms with Crippen LogP contribution < -0.4 is 5.73 Å². The number of rotatable bonds is 11. The Morgan fingerprint density at radius 3 is 2.60 bits per heavy atom. The predicted molar refractivity (Wildman–Crippen MR) is 77.3 cm³/mol. The molecule has 0 saturated carbocycles.